The number of fused-ring (bicyclic) bond motifs is 8. The van der Waals surface area contributed by atoms with Crippen molar-refractivity contribution in [1.82, 2.24) is 0 Å². The maximum absolute atomic E-state index is 15.5. The zero-order valence-corrected chi connectivity index (χ0v) is 35.2. The third-order valence-electron chi connectivity index (χ3n) is 14.2. The van der Waals surface area contributed by atoms with Gasteiger partial charge in [-0.25, -0.2) is 4.39 Å². The third kappa shape index (κ3) is 5.12. The molecule has 0 fully saturated rings. The maximum atomic E-state index is 15.5. The number of hydrogen-bond acceptors (Lipinski definition) is 0. The number of hydrogen-bond donors (Lipinski definition) is 0. The molecule has 12 aromatic carbocycles. The Morgan fingerprint density at radius 3 is 1.12 bits per heavy atom. The Kier molecular flexibility index (Phi) is 7.67. The van der Waals surface area contributed by atoms with Gasteiger partial charge in [-0.3, -0.25) is 0 Å². The Balaban J connectivity index is 1.09. The largest absolute Gasteiger partial charge is 0.207 e. The molecule has 12 aromatic rings. The molecule has 1 heteroatoms. The van der Waals surface area contributed by atoms with Crippen LogP contribution in [0.2, 0.25) is 0 Å². The Bertz CT molecular complexity index is 3960. The molecule has 0 saturated carbocycles. The maximum Gasteiger partial charge on any atom is 0.123 e. The van der Waals surface area contributed by atoms with Gasteiger partial charge in [-0.15, -0.1) is 0 Å². The molecule has 0 bridgehead atoms. The molecule has 0 radical (unpaired) electrons. The van der Waals surface area contributed by atoms with E-state index in [0.29, 0.717) is 0 Å². The van der Waals surface area contributed by atoms with E-state index in [1.54, 1.807) is 12.1 Å². The Morgan fingerprint density at radius 2 is 0.615 bits per heavy atom. The lowest BCUT2D eigenvalue weighted by Gasteiger charge is -2.21. The first-order valence-electron chi connectivity index (χ1n) is 22.5. The van der Waals surface area contributed by atoms with Crippen molar-refractivity contribution < 1.29 is 4.39 Å². The van der Waals surface area contributed by atoms with Gasteiger partial charge in [-0.1, -0.05) is 206 Å². The van der Waals surface area contributed by atoms with Crippen LogP contribution in [0.4, 0.5) is 4.39 Å². The lowest BCUT2D eigenvalue weighted by molar-refractivity contribution is 0.630. The number of benzene rings is 12. The van der Waals surface area contributed by atoms with Crippen LogP contribution in [0.1, 0.15) is 0 Å². The second-order valence-electron chi connectivity index (χ2n) is 17.5. The van der Waals surface area contributed by atoms with Crippen LogP contribution in [0.15, 0.2) is 224 Å². The fraction of sp³-hybridized carbons (Fsp3) is 0. The van der Waals surface area contributed by atoms with Gasteiger partial charge in [0.1, 0.15) is 5.82 Å². The third-order valence-corrected chi connectivity index (χ3v) is 14.2. The lowest BCUT2D eigenvalue weighted by Crippen LogP contribution is -1.94. The molecule has 0 spiro atoms. The summed E-state index contributed by atoms with van der Waals surface area (Å²) in [5.74, 6) is -0.238. The van der Waals surface area contributed by atoms with Crippen molar-refractivity contribution in [2.75, 3.05) is 0 Å². The van der Waals surface area contributed by atoms with Crippen molar-refractivity contribution in [3.05, 3.63) is 230 Å². The number of halogens is 1. The minimum Gasteiger partial charge on any atom is -0.207 e. The Morgan fingerprint density at radius 1 is 0.215 bits per heavy atom. The molecule has 0 unspecified atom stereocenters. The van der Waals surface area contributed by atoms with Crippen LogP contribution in [-0.2, 0) is 0 Å². The summed E-state index contributed by atoms with van der Waals surface area (Å²) in [5.41, 5.74) is 21.6. The van der Waals surface area contributed by atoms with Crippen LogP contribution in [0.5, 0.6) is 0 Å². The molecule has 0 atom stereocenters. The molecule has 0 N–H and O–H groups in total. The summed E-state index contributed by atoms with van der Waals surface area (Å²) >= 11 is 0. The summed E-state index contributed by atoms with van der Waals surface area (Å²) in [5, 5.41) is 9.44. The fourth-order valence-electron chi connectivity index (χ4n) is 11.6. The Labute approximate surface area is 376 Å². The van der Waals surface area contributed by atoms with E-state index in [4.69, 9.17) is 0 Å². The monoisotopic (exact) mass is 824 g/mol. The van der Waals surface area contributed by atoms with Gasteiger partial charge >= 0.3 is 0 Å². The first-order chi connectivity index (χ1) is 32.2. The van der Waals surface area contributed by atoms with E-state index >= 15 is 4.39 Å². The highest BCUT2D eigenvalue weighted by Crippen LogP contribution is 2.60. The van der Waals surface area contributed by atoms with Gasteiger partial charge in [0.25, 0.3) is 0 Å². The molecular weight excluding hydrogens is 788 g/mol. The van der Waals surface area contributed by atoms with Crippen LogP contribution in [0, 0.1) is 5.82 Å². The van der Waals surface area contributed by atoms with Gasteiger partial charge in [0.05, 0.1) is 0 Å². The normalized spacial score (nSPS) is 12.1. The first-order valence-corrected chi connectivity index (χ1v) is 22.5. The van der Waals surface area contributed by atoms with Crippen LogP contribution in [-0.4, -0.2) is 0 Å². The van der Waals surface area contributed by atoms with Crippen LogP contribution in [0.25, 0.3) is 143 Å². The van der Waals surface area contributed by atoms with Crippen LogP contribution in [0.3, 0.4) is 0 Å². The van der Waals surface area contributed by atoms with Gasteiger partial charge in [-0.2, -0.15) is 0 Å². The summed E-state index contributed by atoms with van der Waals surface area (Å²) < 4.78 is 15.5. The zero-order chi connectivity index (χ0) is 42.8. The summed E-state index contributed by atoms with van der Waals surface area (Å²) in [7, 11) is 0. The van der Waals surface area contributed by atoms with E-state index < -0.39 is 0 Å². The molecule has 0 aliphatic heterocycles. The molecule has 0 heterocycles. The van der Waals surface area contributed by atoms with Crippen LogP contribution < -0.4 is 0 Å². The van der Waals surface area contributed by atoms with Gasteiger partial charge < -0.3 is 0 Å². The zero-order valence-electron chi connectivity index (χ0n) is 35.2. The average Bonchev–Trinajstić information content (AvgIpc) is 3.87. The molecule has 0 nitrogen and oxygen atoms in total. The fourth-order valence-corrected chi connectivity index (χ4v) is 11.6. The van der Waals surface area contributed by atoms with Crippen molar-refractivity contribution in [2.24, 2.45) is 0 Å². The predicted molar refractivity (Wildman–Crippen MR) is 272 cm³/mol. The minimum absolute atomic E-state index is 0.238. The summed E-state index contributed by atoms with van der Waals surface area (Å²) in [6, 6.07) is 80.6. The summed E-state index contributed by atoms with van der Waals surface area (Å²) in [6.45, 7) is 0. The van der Waals surface area contributed by atoms with Gasteiger partial charge in [0.15, 0.2) is 0 Å². The smallest absolute Gasteiger partial charge is 0.123 e. The highest BCUT2D eigenvalue weighted by Gasteiger charge is 2.33. The Hall–Kier alpha value is -8.39. The molecule has 65 heavy (non-hydrogen) atoms. The molecule has 0 amide bonds. The highest BCUT2D eigenvalue weighted by atomic mass is 19.1. The molecule has 2 aliphatic rings. The highest BCUT2D eigenvalue weighted by molar-refractivity contribution is 6.30. The van der Waals surface area contributed by atoms with Gasteiger partial charge in [-0.05, 0) is 161 Å². The standard InChI is InChI=1S/C64H37F/c65-44-31-33-48-54(37-44)59(42-22-11-4-12-23-42)63-51-29-15-26-46-45(34-35-52(60(46)51)64(63)57(48)40-18-7-2-8-19-40)43-30-32-47-53(36-43)58(41-20-9-3-10-21-41)62-50-28-14-25-38-24-13-27-49(55(38)50)61(62)56(47)39-16-5-1-6-17-39/h1-37H. The topological polar surface area (TPSA) is 0 Å². The predicted octanol–water partition coefficient (Wildman–Crippen LogP) is 18.1. The van der Waals surface area contributed by atoms with Crippen molar-refractivity contribution >= 4 is 43.1 Å². The van der Waals surface area contributed by atoms with E-state index in [1.165, 1.54) is 105 Å². The van der Waals surface area contributed by atoms with E-state index in [1.807, 2.05) is 6.07 Å². The van der Waals surface area contributed by atoms with Crippen molar-refractivity contribution in [3.8, 4) is 100 Å². The molecule has 0 saturated heterocycles. The quantitative estimate of drug-likeness (QED) is 0.162. The second kappa shape index (κ2) is 13.8. The van der Waals surface area contributed by atoms with Crippen LogP contribution >= 0.6 is 0 Å². The lowest BCUT2D eigenvalue weighted by atomic mass is 9.81. The second-order valence-corrected chi connectivity index (χ2v) is 17.5. The summed E-state index contributed by atoms with van der Waals surface area (Å²) in [6.07, 6.45) is 0. The molecule has 14 rings (SSSR count). The molecule has 2 aliphatic carbocycles. The van der Waals surface area contributed by atoms with E-state index in [9.17, 15) is 0 Å². The minimum atomic E-state index is -0.238. The molecule has 0 aromatic heterocycles. The van der Waals surface area contributed by atoms with E-state index in [-0.39, 0.29) is 5.82 Å². The van der Waals surface area contributed by atoms with Crippen molar-refractivity contribution in [2.45, 2.75) is 0 Å². The van der Waals surface area contributed by atoms with Crippen molar-refractivity contribution in [1.29, 1.82) is 0 Å². The SMILES string of the molecule is Fc1ccc2c(-c3ccccc3)c3c(c(-c4ccccc4)c2c1)-c1cccc2c(-c4ccc5c(-c6ccccc6)c6c(c(-c7ccccc7)c5c4)-c4cccc5cccc-6c45)ccc-3c12. The first kappa shape index (κ1) is 36.1. The van der Waals surface area contributed by atoms with E-state index in [2.05, 4.69) is 206 Å². The number of rotatable bonds is 5. The average molecular weight is 825 g/mol. The van der Waals surface area contributed by atoms with Gasteiger partial charge in [0.2, 0.25) is 0 Å². The van der Waals surface area contributed by atoms with E-state index in [0.717, 1.165) is 38.6 Å². The molecular formula is C64H37F. The molecule has 300 valence electrons. The summed E-state index contributed by atoms with van der Waals surface area (Å²) in [4.78, 5) is 0. The van der Waals surface area contributed by atoms with Gasteiger partial charge in [0, 0.05) is 0 Å². The van der Waals surface area contributed by atoms with Crippen molar-refractivity contribution in [3.63, 3.8) is 0 Å².